The van der Waals surface area contributed by atoms with Crippen LogP contribution in [0.2, 0.25) is 5.02 Å². The number of hydrogen-bond donors (Lipinski definition) is 0. The van der Waals surface area contributed by atoms with Crippen molar-refractivity contribution in [2.24, 2.45) is 0 Å². The van der Waals surface area contributed by atoms with Gasteiger partial charge in [-0.3, -0.25) is 4.98 Å². The van der Waals surface area contributed by atoms with E-state index >= 15 is 0 Å². The molecule has 3 aromatic rings. The molecule has 0 aliphatic heterocycles. The van der Waals surface area contributed by atoms with E-state index in [1.165, 1.54) is 5.56 Å². The van der Waals surface area contributed by atoms with E-state index in [1.807, 2.05) is 42.6 Å². The minimum atomic E-state index is 0.766. The van der Waals surface area contributed by atoms with Crippen molar-refractivity contribution in [2.75, 3.05) is 0 Å². The molecule has 1 heterocycles. The number of rotatable bonds is 1. The highest BCUT2D eigenvalue weighted by Gasteiger charge is 2.05. The van der Waals surface area contributed by atoms with Gasteiger partial charge >= 0.3 is 0 Å². The Hall–Kier alpha value is -1.86. The van der Waals surface area contributed by atoms with E-state index in [2.05, 4.69) is 17.1 Å². The summed E-state index contributed by atoms with van der Waals surface area (Å²) in [5.74, 6) is 0. The zero-order chi connectivity index (χ0) is 11.7. The second kappa shape index (κ2) is 4.19. The van der Waals surface area contributed by atoms with Crippen molar-refractivity contribution < 1.29 is 0 Å². The van der Waals surface area contributed by atoms with Crippen LogP contribution in [0.1, 0.15) is 0 Å². The molecule has 82 valence electrons. The molecular formula is C15H10ClN. The minimum Gasteiger partial charge on any atom is -0.264 e. The summed E-state index contributed by atoms with van der Waals surface area (Å²) >= 11 is 6.19. The van der Waals surface area contributed by atoms with Crippen molar-refractivity contribution >= 4 is 22.4 Å². The number of fused-ring (bicyclic) bond motifs is 1. The molecule has 1 nitrogen and oxygen atoms in total. The van der Waals surface area contributed by atoms with Gasteiger partial charge in [0.15, 0.2) is 0 Å². The van der Waals surface area contributed by atoms with Crippen LogP contribution in [0.3, 0.4) is 0 Å². The quantitative estimate of drug-likeness (QED) is 0.607. The SMILES string of the molecule is Clc1ccc(-c2ccccc2)c2cnccc12. The van der Waals surface area contributed by atoms with E-state index in [0.717, 1.165) is 21.4 Å². The van der Waals surface area contributed by atoms with E-state index in [0.29, 0.717) is 0 Å². The number of halogens is 1. The third-order valence-corrected chi connectivity index (χ3v) is 3.18. The topological polar surface area (TPSA) is 12.9 Å². The molecule has 2 aromatic carbocycles. The van der Waals surface area contributed by atoms with Crippen molar-refractivity contribution in [3.8, 4) is 11.1 Å². The second-order valence-corrected chi connectivity index (χ2v) is 4.29. The van der Waals surface area contributed by atoms with Crippen molar-refractivity contribution in [1.82, 2.24) is 4.98 Å². The normalized spacial score (nSPS) is 10.6. The van der Waals surface area contributed by atoms with E-state index in [1.54, 1.807) is 6.20 Å². The van der Waals surface area contributed by atoms with Gasteiger partial charge in [-0.2, -0.15) is 0 Å². The molecule has 0 saturated carbocycles. The van der Waals surface area contributed by atoms with Gasteiger partial charge in [0, 0.05) is 28.2 Å². The fourth-order valence-corrected chi connectivity index (χ4v) is 2.25. The molecule has 3 rings (SSSR count). The fourth-order valence-electron chi connectivity index (χ4n) is 2.02. The number of benzene rings is 2. The second-order valence-electron chi connectivity index (χ2n) is 3.88. The summed E-state index contributed by atoms with van der Waals surface area (Å²) in [5, 5.41) is 2.90. The van der Waals surface area contributed by atoms with E-state index in [4.69, 9.17) is 11.6 Å². The first-order chi connectivity index (χ1) is 8.36. The van der Waals surface area contributed by atoms with Gasteiger partial charge in [-0.25, -0.2) is 0 Å². The molecule has 0 radical (unpaired) electrons. The Labute approximate surface area is 105 Å². The van der Waals surface area contributed by atoms with E-state index in [9.17, 15) is 0 Å². The van der Waals surface area contributed by atoms with Crippen LogP contribution in [0.25, 0.3) is 21.9 Å². The first kappa shape index (κ1) is 10.3. The molecule has 0 N–H and O–H groups in total. The van der Waals surface area contributed by atoms with Crippen LogP contribution in [0, 0.1) is 0 Å². The zero-order valence-electron chi connectivity index (χ0n) is 9.10. The van der Waals surface area contributed by atoms with E-state index in [-0.39, 0.29) is 0 Å². The van der Waals surface area contributed by atoms with Crippen LogP contribution in [-0.2, 0) is 0 Å². The highest BCUT2D eigenvalue weighted by Crippen LogP contribution is 2.32. The van der Waals surface area contributed by atoms with E-state index < -0.39 is 0 Å². The lowest BCUT2D eigenvalue weighted by atomic mass is 10.00. The average Bonchev–Trinajstić information content (AvgIpc) is 2.41. The Morgan fingerprint density at radius 1 is 0.824 bits per heavy atom. The lowest BCUT2D eigenvalue weighted by Crippen LogP contribution is -1.83. The first-order valence-corrected chi connectivity index (χ1v) is 5.82. The van der Waals surface area contributed by atoms with Crippen molar-refractivity contribution in [2.45, 2.75) is 0 Å². The number of pyridine rings is 1. The van der Waals surface area contributed by atoms with Gasteiger partial charge in [-0.05, 0) is 23.3 Å². The molecule has 0 unspecified atom stereocenters. The van der Waals surface area contributed by atoms with Gasteiger partial charge in [-0.15, -0.1) is 0 Å². The van der Waals surface area contributed by atoms with Gasteiger partial charge in [0.05, 0.1) is 0 Å². The standard InChI is InChI=1S/C15H10ClN/c16-15-7-6-12(11-4-2-1-3-5-11)14-10-17-9-8-13(14)15/h1-10H. The Morgan fingerprint density at radius 3 is 2.47 bits per heavy atom. The summed E-state index contributed by atoms with van der Waals surface area (Å²) in [6.45, 7) is 0. The molecule has 0 atom stereocenters. The van der Waals surface area contributed by atoms with Crippen molar-refractivity contribution in [3.05, 3.63) is 65.9 Å². The predicted octanol–water partition coefficient (Wildman–Crippen LogP) is 4.56. The fraction of sp³-hybridized carbons (Fsp3) is 0. The molecule has 0 amide bonds. The van der Waals surface area contributed by atoms with Crippen molar-refractivity contribution in [1.29, 1.82) is 0 Å². The van der Waals surface area contributed by atoms with Crippen LogP contribution in [-0.4, -0.2) is 4.98 Å². The molecule has 0 aliphatic carbocycles. The smallest absolute Gasteiger partial charge is 0.0485 e. The summed E-state index contributed by atoms with van der Waals surface area (Å²) in [5.41, 5.74) is 2.35. The summed E-state index contributed by atoms with van der Waals surface area (Å²) < 4.78 is 0. The van der Waals surface area contributed by atoms with Gasteiger partial charge in [0.1, 0.15) is 0 Å². The van der Waals surface area contributed by atoms with Crippen LogP contribution in [0.15, 0.2) is 60.9 Å². The molecule has 0 aliphatic rings. The molecule has 0 fully saturated rings. The molecule has 0 bridgehead atoms. The summed E-state index contributed by atoms with van der Waals surface area (Å²) in [4.78, 5) is 4.18. The maximum absolute atomic E-state index is 6.19. The molecular weight excluding hydrogens is 230 g/mol. The van der Waals surface area contributed by atoms with Gasteiger partial charge in [-0.1, -0.05) is 48.0 Å². The van der Waals surface area contributed by atoms with Crippen LogP contribution in [0.5, 0.6) is 0 Å². The third kappa shape index (κ3) is 1.79. The van der Waals surface area contributed by atoms with Gasteiger partial charge in [0.2, 0.25) is 0 Å². The molecule has 0 spiro atoms. The lowest BCUT2D eigenvalue weighted by molar-refractivity contribution is 1.36. The predicted molar refractivity (Wildman–Crippen MR) is 72.2 cm³/mol. The molecule has 1 aromatic heterocycles. The minimum absolute atomic E-state index is 0.766. The Balaban J connectivity index is 2.35. The maximum atomic E-state index is 6.19. The Bertz CT molecular complexity index is 662. The first-order valence-electron chi connectivity index (χ1n) is 5.44. The average molecular weight is 240 g/mol. The van der Waals surface area contributed by atoms with Crippen LogP contribution < -0.4 is 0 Å². The number of aromatic nitrogens is 1. The van der Waals surface area contributed by atoms with Crippen molar-refractivity contribution in [3.63, 3.8) is 0 Å². The Kier molecular flexibility index (Phi) is 2.54. The van der Waals surface area contributed by atoms with Crippen LogP contribution >= 0.6 is 11.6 Å². The van der Waals surface area contributed by atoms with Gasteiger partial charge < -0.3 is 0 Å². The molecule has 0 saturated heterocycles. The molecule has 17 heavy (non-hydrogen) atoms. The summed E-state index contributed by atoms with van der Waals surface area (Å²) in [6.07, 6.45) is 3.63. The summed E-state index contributed by atoms with van der Waals surface area (Å²) in [6, 6.07) is 16.2. The third-order valence-electron chi connectivity index (χ3n) is 2.85. The van der Waals surface area contributed by atoms with Gasteiger partial charge in [0.25, 0.3) is 0 Å². The monoisotopic (exact) mass is 239 g/mol. The largest absolute Gasteiger partial charge is 0.264 e. The number of hydrogen-bond acceptors (Lipinski definition) is 1. The maximum Gasteiger partial charge on any atom is 0.0485 e. The zero-order valence-corrected chi connectivity index (χ0v) is 9.85. The molecule has 2 heteroatoms. The lowest BCUT2D eigenvalue weighted by Gasteiger charge is -2.07. The summed E-state index contributed by atoms with van der Waals surface area (Å²) in [7, 11) is 0. The van der Waals surface area contributed by atoms with Crippen LogP contribution in [0.4, 0.5) is 0 Å². The Morgan fingerprint density at radius 2 is 1.65 bits per heavy atom. The highest BCUT2D eigenvalue weighted by molar-refractivity contribution is 6.36. The highest BCUT2D eigenvalue weighted by atomic mass is 35.5. The number of nitrogens with zero attached hydrogens (tertiary/aromatic N) is 1.